The number of rotatable bonds is 5. The maximum atomic E-state index is 10.4. The molecule has 0 heterocycles. The third-order valence-corrected chi connectivity index (χ3v) is 3.38. The molecule has 5 N–H and O–H groups in total. The molecule has 0 aliphatic carbocycles. The molecular weight excluding hydrogens is 362 g/mol. The number of phenols is 2. The van der Waals surface area contributed by atoms with E-state index in [1.54, 1.807) is 12.1 Å². The first-order valence-corrected chi connectivity index (χ1v) is 7.41. The summed E-state index contributed by atoms with van der Waals surface area (Å²) in [6.45, 7) is 1.36. The largest absolute Gasteiger partial charge is 0.508 e. The van der Waals surface area contributed by atoms with E-state index < -0.39 is 39.0 Å². The minimum absolute atomic E-state index is 0.103. The van der Waals surface area contributed by atoms with E-state index in [1.165, 1.54) is 19.1 Å². The Labute approximate surface area is 152 Å². The molecule has 0 saturated carbocycles. The third-order valence-electron chi connectivity index (χ3n) is 3.38. The Morgan fingerprint density at radius 2 is 1.67 bits per heavy atom. The number of hydrogen-bond acceptors (Lipinski definition) is 8. The fourth-order valence-electron chi connectivity index (χ4n) is 1.96. The van der Waals surface area contributed by atoms with Crippen LogP contribution in [0.1, 0.15) is 11.1 Å². The summed E-state index contributed by atoms with van der Waals surface area (Å²) in [7, 11) is 0. The van der Waals surface area contributed by atoms with Crippen LogP contribution < -0.4 is 5.73 Å². The highest BCUT2D eigenvalue weighted by atomic mass is 16.6. The molecule has 2 rings (SSSR count). The molecule has 11 heteroatoms. The van der Waals surface area contributed by atoms with Crippen molar-refractivity contribution < 1.29 is 30.0 Å². The summed E-state index contributed by atoms with van der Waals surface area (Å²) in [4.78, 5) is 29.5. The van der Waals surface area contributed by atoms with Gasteiger partial charge in [0.05, 0.1) is 15.9 Å². The molecule has 0 aromatic heterocycles. The summed E-state index contributed by atoms with van der Waals surface area (Å²) < 4.78 is 0. The molecule has 1 atom stereocenters. The number of aryl methyl sites for hydroxylation is 1. The van der Waals surface area contributed by atoms with E-state index in [9.17, 15) is 30.1 Å². The van der Waals surface area contributed by atoms with E-state index >= 15 is 0 Å². The molecule has 1 unspecified atom stereocenters. The van der Waals surface area contributed by atoms with E-state index in [0.717, 1.165) is 17.7 Å². The van der Waals surface area contributed by atoms with Gasteiger partial charge in [-0.15, -0.1) is 0 Å². The zero-order valence-electron chi connectivity index (χ0n) is 14.1. The SMILES string of the molecule is Cc1cc([N+](=O)[O-])cc([N+](=O)[O-])c1O.NC(Cc1ccc(O)cc1)C(=O)O. The van der Waals surface area contributed by atoms with Gasteiger partial charge in [0, 0.05) is 11.6 Å². The van der Waals surface area contributed by atoms with Gasteiger partial charge >= 0.3 is 11.7 Å². The average Bonchev–Trinajstić information content (AvgIpc) is 2.59. The Hall–Kier alpha value is -3.73. The Balaban J connectivity index is 0.000000271. The molecule has 0 fully saturated rings. The van der Waals surface area contributed by atoms with Crippen molar-refractivity contribution in [3.05, 3.63) is 67.8 Å². The molecule has 144 valence electrons. The van der Waals surface area contributed by atoms with Crippen molar-refractivity contribution in [2.45, 2.75) is 19.4 Å². The van der Waals surface area contributed by atoms with Gasteiger partial charge in [0.2, 0.25) is 0 Å². The second kappa shape index (κ2) is 9.10. The summed E-state index contributed by atoms with van der Waals surface area (Å²) in [5, 5.41) is 47.4. The van der Waals surface area contributed by atoms with Crippen LogP contribution >= 0.6 is 0 Å². The van der Waals surface area contributed by atoms with Gasteiger partial charge in [-0.3, -0.25) is 25.0 Å². The predicted octanol–water partition coefficient (Wildman–Crippen LogP) is 1.86. The minimum atomic E-state index is -1.02. The van der Waals surface area contributed by atoms with Crippen molar-refractivity contribution >= 4 is 17.3 Å². The van der Waals surface area contributed by atoms with Gasteiger partial charge in [-0.05, 0) is 31.0 Å². The van der Waals surface area contributed by atoms with Crippen molar-refractivity contribution in [3.63, 3.8) is 0 Å². The number of carboxylic acids is 1. The second-order valence-electron chi connectivity index (χ2n) is 5.46. The Morgan fingerprint density at radius 3 is 2.11 bits per heavy atom. The Bertz CT molecular complexity index is 851. The van der Waals surface area contributed by atoms with Gasteiger partial charge < -0.3 is 21.1 Å². The number of aliphatic carboxylic acids is 1. The molecule has 11 nitrogen and oxygen atoms in total. The Kier molecular flexibility index (Phi) is 7.19. The van der Waals surface area contributed by atoms with Crippen LogP contribution in [-0.2, 0) is 11.2 Å². The predicted molar refractivity (Wildman–Crippen MR) is 93.6 cm³/mol. The van der Waals surface area contributed by atoms with Gasteiger partial charge in [-0.1, -0.05) is 12.1 Å². The number of nitro groups is 2. The minimum Gasteiger partial charge on any atom is -0.508 e. The van der Waals surface area contributed by atoms with Crippen LogP contribution in [0.25, 0.3) is 0 Å². The summed E-state index contributed by atoms with van der Waals surface area (Å²) >= 11 is 0. The van der Waals surface area contributed by atoms with Crippen LogP contribution in [0.5, 0.6) is 11.5 Å². The highest BCUT2D eigenvalue weighted by Crippen LogP contribution is 2.33. The van der Waals surface area contributed by atoms with Crippen molar-refractivity contribution in [2.24, 2.45) is 5.73 Å². The standard InChI is InChI=1S/C9H11NO3.C7H6N2O5/c10-8(9(12)13)5-6-1-3-7(11)4-2-6;1-4-2-5(8(11)12)3-6(7(4)10)9(13)14/h1-4,8,11H,5,10H2,(H,12,13);2-3,10H,1H3. The molecule has 0 aliphatic rings. The average molecular weight is 379 g/mol. The van der Waals surface area contributed by atoms with Crippen molar-refractivity contribution in [1.82, 2.24) is 0 Å². The molecule has 0 aliphatic heterocycles. The first-order chi connectivity index (χ1) is 12.5. The normalized spacial score (nSPS) is 11.0. The van der Waals surface area contributed by atoms with Crippen molar-refractivity contribution in [1.29, 1.82) is 0 Å². The lowest BCUT2D eigenvalue weighted by atomic mass is 10.1. The highest BCUT2D eigenvalue weighted by Gasteiger charge is 2.21. The quantitative estimate of drug-likeness (QED) is 0.443. The lowest BCUT2D eigenvalue weighted by Crippen LogP contribution is -2.32. The molecule has 0 spiro atoms. The lowest BCUT2D eigenvalue weighted by molar-refractivity contribution is -0.394. The summed E-state index contributed by atoms with van der Waals surface area (Å²) in [5.41, 5.74) is 5.16. The van der Waals surface area contributed by atoms with Gasteiger partial charge in [0.25, 0.3) is 5.69 Å². The molecule has 0 saturated heterocycles. The van der Waals surface area contributed by atoms with Gasteiger partial charge in [0.15, 0.2) is 5.75 Å². The van der Waals surface area contributed by atoms with Gasteiger partial charge in [0.1, 0.15) is 11.8 Å². The number of benzene rings is 2. The summed E-state index contributed by atoms with van der Waals surface area (Å²) in [6.07, 6.45) is 0.273. The fourth-order valence-corrected chi connectivity index (χ4v) is 1.96. The summed E-state index contributed by atoms with van der Waals surface area (Å²) in [5.74, 6) is -1.40. The number of aromatic hydroxyl groups is 2. The number of nitrogens with two attached hydrogens (primary N) is 1. The number of phenolic OH excluding ortho intramolecular Hbond substituents is 2. The molecule has 0 radical (unpaired) electrons. The van der Waals surface area contributed by atoms with Crippen LogP contribution in [-0.4, -0.2) is 37.2 Å². The monoisotopic (exact) mass is 379 g/mol. The first kappa shape index (κ1) is 21.3. The lowest BCUT2D eigenvalue weighted by Gasteiger charge is -2.05. The van der Waals surface area contributed by atoms with Crippen LogP contribution in [0.3, 0.4) is 0 Å². The van der Waals surface area contributed by atoms with Crippen LogP contribution in [0.2, 0.25) is 0 Å². The zero-order valence-corrected chi connectivity index (χ0v) is 14.1. The topological polar surface area (TPSA) is 190 Å². The number of non-ortho nitro benzene ring substituents is 1. The third kappa shape index (κ3) is 6.25. The Morgan fingerprint density at radius 1 is 1.11 bits per heavy atom. The van der Waals surface area contributed by atoms with E-state index in [1.807, 2.05) is 0 Å². The van der Waals surface area contributed by atoms with Gasteiger partial charge in [-0.2, -0.15) is 0 Å². The molecule has 0 amide bonds. The highest BCUT2D eigenvalue weighted by molar-refractivity contribution is 5.73. The summed E-state index contributed by atoms with van der Waals surface area (Å²) in [6, 6.07) is 7.22. The van der Waals surface area contributed by atoms with Crippen LogP contribution in [0, 0.1) is 27.2 Å². The molecule has 2 aromatic carbocycles. The van der Waals surface area contributed by atoms with Crippen LogP contribution in [0.4, 0.5) is 11.4 Å². The molecular formula is C16H17N3O8. The van der Waals surface area contributed by atoms with E-state index in [2.05, 4.69) is 0 Å². The maximum Gasteiger partial charge on any atom is 0.320 e. The number of nitrogens with zero attached hydrogens (tertiary/aromatic N) is 2. The number of nitro benzene ring substituents is 2. The number of carbonyl (C=O) groups is 1. The smallest absolute Gasteiger partial charge is 0.320 e. The second-order valence-corrected chi connectivity index (χ2v) is 5.46. The molecule has 27 heavy (non-hydrogen) atoms. The number of hydrogen-bond donors (Lipinski definition) is 4. The molecule has 2 aromatic rings. The first-order valence-electron chi connectivity index (χ1n) is 7.41. The van der Waals surface area contributed by atoms with Crippen molar-refractivity contribution in [2.75, 3.05) is 0 Å². The van der Waals surface area contributed by atoms with E-state index in [4.69, 9.17) is 15.9 Å². The van der Waals surface area contributed by atoms with Gasteiger partial charge in [-0.25, -0.2) is 0 Å². The van der Waals surface area contributed by atoms with E-state index in [-0.39, 0.29) is 17.7 Å². The fraction of sp³-hybridized carbons (Fsp3) is 0.188. The maximum absolute atomic E-state index is 10.4. The number of carboxylic acid groups (broad SMARTS) is 1. The van der Waals surface area contributed by atoms with Crippen LogP contribution in [0.15, 0.2) is 36.4 Å². The molecule has 0 bridgehead atoms. The van der Waals surface area contributed by atoms with Crippen molar-refractivity contribution in [3.8, 4) is 11.5 Å². The zero-order chi connectivity index (χ0) is 20.7. The van der Waals surface area contributed by atoms with E-state index in [0.29, 0.717) is 0 Å².